The number of likely N-dealkylation sites (tertiary alicyclic amines) is 2. The lowest BCUT2D eigenvalue weighted by atomic mass is 10.0. The van der Waals surface area contributed by atoms with Gasteiger partial charge in [0, 0.05) is 13.1 Å². The molecule has 3 heteroatoms. The third-order valence-corrected chi connectivity index (χ3v) is 5.02. The first kappa shape index (κ1) is 15.5. The van der Waals surface area contributed by atoms with Crippen molar-refractivity contribution in [3.05, 3.63) is 34.9 Å². The van der Waals surface area contributed by atoms with Crippen LogP contribution in [0.1, 0.15) is 55.2 Å². The van der Waals surface area contributed by atoms with E-state index in [-0.39, 0.29) is 0 Å². The van der Waals surface area contributed by atoms with Crippen LogP contribution in [0.25, 0.3) is 0 Å². The molecule has 3 rings (SSSR count). The van der Waals surface area contributed by atoms with E-state index in [2.05, 4.69) is 28.0 Å². The van der Waals surface area contributed by atoms with Crippen molar-refractivity contribution in [3.63, 3.8) is 0 Å². The van der Waals surface area contributed by atoms with Crippen LogP contribution in [0.5, 0.6) is 0 Å². The maximum absolute atomic E-state index is 9.21. The van der Waals surface area contributed by atoms with Crippen molar-refractivity contribution in [2.45, 2.75) is 51.6 Å². The quantitative estimate of drug-likeness (QED) is 0.851. The summed E-state index contributed by atoms with van der Waals surface area (Å²) in [7, 11) is 0. The van der Waals surface area contributed by atoms with Gasteiger partial charge in [-0.1, -0.05) is 18.9 Å². The van der Waals surface area contributed by atoms with Crippen molar-refractivity contribution in [2.24, 2.45) is 0 Å². The molecule has 2 saturated heterocycles. The molecule has 1 aromatic rings. The molecule has 2 fully saturated rings. The molecule has 118 valence electrons. The molecule has 0 spiro atoms. The standard InChI is InChI=1S/C19H27N3/c20-14-17-7-8-18(15-21-9-3-1-4-10-21)19(13-17)16-22-11-5-2-6-12-22/h7-8,13H,1-6,9-12,15-16H2. The monoisotopic (exact) mass is 297 g/mol. The van der Waals surface area contributed by atoms with Gasteiger partial charge < -0.3 is 0 Å². The van der Waals surface area contributed by atoms with Crippen LogP contribution in [-0.2, 0) is 13.1 Å². The highest BCUT2D eigenvalue weighted by Crippen LogP contribution is 2.20. The number of hydrogen-bond acceptors (Lipinski definition) is 3. The van der Waals surface area contributed by atoms with Gasteiger partial charge in [-0.05, 0) is 75.1 Å². The van der Waals surface area contributed by atoms with Gasteiger partial charge in [-0.25, -0.2) is 0 Å². The number of rotatable bonds is 4. The van der Waals surface area contributed by atoms with E-state index in [4.69, 9.17) is 0 Å². The fourth-order valence-corrected chi connectivity index (χ4v) is 3.71. The number of nitrogens with zero attached hydrogens (tertiary/aromatic N) is 3. The number of piperidine rings is 2. The Bertz CT molecular complexity index is 520. The summed E-state index contributed by atoms with van der Waals surface area (Å²) in [6.07, 6.45) is 8.05. The highest BCUT2D eigenvalue weighted by molar-refractivity contribution is 5.38. The molecular formula is C19H27N3. The van der Waals surface area contributed by atoms with Crippen molar-refractivity contribution >= 4 is 0 Å². The first-order valence-corrected chi connectivity index (χ1v) is 8.82. The summed E-state index contributed by atoms with van der Waals surface area (Å²) in [5.41, 5.74) is 3.59. The average Bonchev–Trinajstić information content (AvgIpc) is 2.58. The lowest BCUT2D eigenvalue weighted by Crippen LogP contribution is -2.31. The molecule has 0 saturated carbocycles. The second-order valence-electron chi connectivity index (χ2n) is 6.77. The van der Waals surface area contributed by atoms with Gasteiger partial charge in [0.05, 0.1) is 11.6 Å². The number of benzene rings is 1. The first-order chi connectivity index (χ1) is 10.8. The van der Waals surface area contributed by atoms with Gasteiger partial charge in [-0.3, -0.25) is 9.80 Å². The van der Waals surface area contributed by atoms with Crippen LogP contribution in [0.3, 0.4) is 0 Å². The fourth-order valence-electron chi connectivity index (χ4n) is 3.71. The minimum atomic E-state index is 0.800. The molecule has 0 amide bonds. The summed E-state index contributed by atoms with van der Waals surface area (Å²) in [4.78, 5) is 5.13. The highest BCUT2D eigenvalue weighted by atomic mass is 15.1. The lowest BCUT2D eigenvalue weighted by Gasteiger charge is -2.30. The van der Waals surface area contributed by atoms with Crippen LogP contribution in [0, 0.1) is 11.3 Å². The molecule has 1 aromatic carbocycles. The first-order valence-electron chi connectivity index (χ1n) is 8.82. The zero-order chi connectivity index (χ0) is 15.2. The summed E-state index contributed by atoms with van der Waals surface area (Å²) in [5.74, 6) is 0. The molecule has 0 aliphatic carbocycles. The molecule has 0 bridgehead atoms. The van der Waals surface area contributed by atoms with E-state index in [0.717, 1.165) is 18.7 Å². The zero-order valence-corrected chi connectivity index (χ0v) is 13.6. The second kappa shape index (κ2) is 7.76. The van der Waals surface area contributed by atoms with Crippen molar-refractivity contribution in [2.75, 3.05) is 26.2 Å². The molecule has 2 aliphatic heterocycles. The molecule has 22 heavy (non-hydrogen) atoms. The van der Waals surface area contributed by atoms with Crippen molar-refractivity contribution in [1.82, 2.24) is 9.80 Å². The minimum Gasteiger partial charge on any atom is -0.299 e. The Morgan fingerprint density at radius 2 is 1.32 bits per heavy atom. The Morgan fingerprint density at radius 3 is 1.86 bits per heavy atom. The van der Waals surface area contributed by atoms with Gasteiger partial charge in [-0.2, -0.15) is 5.26 Å². The van der Waals surface area contributed by atoms with E-state index in [1.807, 2.05) is 6.07 Å². The van der Waals surface area contributed by atoms with Crippen LogP contribution in [0.15, 0.2) is 18.2 Å². The van der Waals surface area contributed by atoms with Crippen LogP contribution < -0.4 is 0 Å². The Morgan fingerprint density at radius 1 is 0.773 bits per heavy atom. The van der Waals surface area contributed by atoms with Gasteiger partial charge in [0.1, 0.15) is 0 Å². The Balaban J connectivity index is 1.73. The van der Waals surface area contributed by atoms with Crippen LogP contribution >= 0.6 is 0 Å². The van der Waals surface area contributed by atoms with Gasteiger partial charge >= 0.3 is 0 Å². The van der Waals surface area contributed by atoms with E-state index in [1.54, 1.807) is 0 Å². The average molecular weight is 297 g/mol. The largest absolute Gasteiger partial charge is 0.299 e. The Labute approximate surface area is 134 Å². The van der Waals surface area contributed by atoms with Gasteiger partial charge in [0.25, 0.3) is 0 Å². The number of nitriles is 1. The molecule has 0 atom stereocenters. The third-order valence-electron chi connectivity index (χ3n) is 5.02. The van der Waals surface area contributed by atoms with Gasteiger partial charge in [-0.15, -0.1) is 0 Å². The van der Waals surface area contributed by atoms with Gasteiger partial charge in [0.15, 0.2) is 0 Å². The van der Waals surface area contributed by atoms with E-state index in [0.29, 0.717) is 0 Å². The predicted molar refractivity (Wildman–Crippen MR) is 89.4 cm³/mol. The summed E-state index contributed by atoms with van der Waals surface area (Å²) in [5, 5.41) is 9.21. The molecule has 3 nitrogen and oxygen atoms in total. The van der Waals surface area contributed by atoms with Gasteiger partial charge in [0.2, 0.25) is 0 Å². The summed E-state index contributed by atoms with van der Waals surface area (Å²) in [6.45, 7) is 6.93. The topological polar surface area (TPSA) is 30.3 Å². The zero-order valence-electron chi connectivity index (χ0n) is 13.6. The van der Waals surface area contributed by atoms with E-state index in [1.165, 1.54) is 75.8 Å². The maximum atomic E-state index is 9.21. The summed E-state index contributed by atoms with van der Waals surface area (Å²) in [6, 6.07) is 8.59. The molecule has 2 aliphatic rings. The van der Waals surface area contributed by atoms with Crippen LogP contribution in [-0.4, -0.2) is 36.0 Å². The minimum absolute atomic E-state index is 0.800. The van der Waals surface area contributed by atoms with Crippen molar-refractivity contribution in [3.8, 4) is 6.07 Å². The Kier molecular flexibility index (Phi) is 5.48. The second-order valence-corrected chi connectivity index (χ2v) is 6.77. The van der Waals surface area contributed by atoms with E-state index < -0.39 is 0 Å². The summed E-state index contributed by atoms with van der Waals surface area (Å²) >= 11 is 0. The maximum Gasteiger partial charge on any atom is 0.0991 e. The predicted octanol–water partition coefficient (Wildman–Crippen LogP) is 3.53. The summed E-state index contributed by atoms with van der Waals surface area (Å²) < 4.78 is 0. The molecule has 2 heterocycles. The molecular weight excluding hydrogens is 270 g/mol. The Hall–Kier alpha value is -1.37. The number of hydrogen-bond donors (Lipinski definition) is 0. The molecule has 0 radical (unpaired) electrons. The SMILES string of the molecule is N#Cc1ccc(CN2CCCCC2)c(CN2CCCCC2)c1. The molecule has 0 N–H and O–H groups in total. The smallest absolute Gasteiger partial charge is 0.0991 e. The normalized spacial score (nSPS) is 20.7. The third kappa shape index (κ3) is 4.09. The molecule has 0 unspecified atom stereocenters. The fraction of sp³-hybridized carbons (Fsp3) is 0.632. The van der Waals surface area contributed by atoms with Crippen molar-refractivity contribution in [1.29, 1.82) is 5.26 Å². The van der Waals surface area contributed by atoms with Crippen LogP contribution in [0.4, 0.5) is 0 Å². The van der Waals surface area contributed by atoms with E-state index >= 15 is 0 Å². The lowest BCUT2D eigenvalue weighted by molar-refractivity contribution is 0.209. The van der Waals surface area contributed by atoms with Crippen LogP contribution in [0.2, 0.25) is 0 Å². The molecule has 0 aromatic heterocycles. The highest BCUT2D eigenvalue weighted by Gasteiger charge is 2.16. The van der Waals surface area contributed by atoms with E-state index in [9.17, 15) is 5.26 Å². The van der Waals surface area contributed by atoms with Crippen molar-refractivity contribution < 1.29 is 0 Å².